The van der Waals surface area contributed by atoms with E-state index in [9.17, 15) is 13.2 Å². The molecule has 1 aliphatic rings. The molecule has 0 radical (unpaired) electrons. The summed E-state index contributed by atoms with van der Waals surface area (Å²) in [7, 11) is -3.50. The van der Waals surface area contributed by atoms with Gasteiger partial charge in [0.15, 0.2) is 4.75 Å². The number of hydrogen-bond acceptors (Lipinski definition) is 5. The summed E-state index contributed by atoms with van der Waals surface area (Å²) >= 11 is 0. The molecule has 2 rings (SSSR count). The zero-order valence-corrected chi connectivity index (χ0v) is 13.0. The van der Waals surface area contributed by atoms with E-state index >= 15 is 0 Å². The SMILES string of the molecule is CC1(C)C(=O)N(CCCOc2ccccc2CN)S1(=O)=O. The Labute approximate surface area is 124 Å². The standard InChI is InChI=1S/C14H20N2O4S/c1-14(2)13(17)16(21(14,18)19)8-5-9-20-12-7-4-3-6-11(12)10-15/h3-4,6-7H,5,8-10,15H2,1-2H3. The molecule has 1 saturated heterocycles. The first-order chi connectivity index (χ1) is 9.82. The van der Waals surface area contributed by atoms with Gasteiger partial charge in [-0.05, 0) is 19.9 Å². The van der Waals surface area contributed by atoms with E-state index in [2.05, 4.69) is 0 Å². The third-order valence-corrected chi connectivity index (χ3v) is 6.03. The number of hydrogen-bond donors (Lipinski definition) is 1. The molecule has 0 saturated carbocycles. The van der Waals surface area contributed by atoms with Crippen LogP contribution in [-0.4, -0.2) is 36.5 Å². The van der Waals surface area contributed by atoms with Crippen molar-refractivity contribution >= 4 is 15.9 Å². The zero-order chi connectivity index (χ0) is 15.7. The predicted molar refractivity (Wildman–Crippen MR) is 79.2 cm³/mol. The Kier molecular flexibility index (Phi) is 4.25. The van der Waals surface area contributed by atoms with Crippen LogP contribution in [-0.2, 0) is 21.4 Å². The highest BCUT2D eigenvalue weighted by Gasteiger charge is 2.59. The van der Waals surface area contributed by atoms with E-state index in [1.54, 1.807) is 0 Å². The number of ether oxygens (including phenoxy) is 1. The fraction of sp³-hybridized carbons (Fsp3) is 0.500. The Morgan fingerprint density at radius 2 is 1.95 bits per heavy atom. The topological polar surface area (TPSA) is 89.7 Å². The fourth-order valence-electron chi connectivity index (χ4n) is 2.18. The summed E-state index contributed by atoms with van der Waals surface area (Å²) in [5, 5.41) is 0. The van der Waals surface area contributed by atoms with Crippen LogP contribution in [0.4, 0.5) is 0 Å². The lowest BCUT2D eigenvalue weighted by Gasteiger charge is -2.43. The lowest BCUT2D eigenvalue weighted by molar-refractivity contribution is -0.132. The van der Waals surface area contributed by atoms with Gasteiger partial charge in [-0.15, -0.1) is 0 Å². The average molecular weight is 312 g/mol. The lowest BCUT2D eigenvalue weighted by atomic mass is 10.2. The molecule has 1 aromatic carbocycles. The van der Waals surface area contributed by atoms with E-state index in [1.165, 1.54) is 13.8 Å². The van der Waals surface area contributed by atoms with E-state index < -0.39 is 14.8 Å². The Morgan fingerprint density at radius 1 is 1.29 bits per heavy atom. The third kappa shape index (κ3) is 2.63. The van der Waals surface area contributed by atoms with Gasteiger partial charge in [0.2, 0.25) is 0 Å². The number of sulfonamides is 1. The lowest BCUT2D eigenvalue weighted by Crippen LogP contribution is -2.67. The van der Waals surface area contributed by atoms with Crippen LogP contribution in [0, 0.1) is 0 Å². The molecule has 0 spiro atoms. The van der Waals surface area contributed by atoms with Gasteiger partial charge in [-0.1, -0.05) is 18.2 Å². The Hall–Kier alpha value is -1.60. The van der Waals surface area contributed by atoms with Crippen LogP contribution in [0.3, 0.4) is 0 Å². The van der Waals surface area contributed by atoms with Crippen LogP contribution in [0.15, 0.2) is 24.3 Å². The molecule has 116 valence electrons. The summed E-state index contributed by atoms with van der Waals surface area (Å²) in [6.45, 7) is 3.71. The molecule has 0 aromatic heterocycles. The molecule has 0 atom stereocenters. The van der Waals surface area contributed by atoms with Gasteiger partial charge in [-0.3, -0.25) is 4.79 Å². The van der Waals surface area contributed by atoms with Crippen LogP contribution < -0.4 is 10.5 Å². The molecule has 1 amide bonds. The van der Waals surface area contributed by atoms with Crippen molar-refractivity contribution in [2.75, 3.05) is 13.2 Å². The molecular formula is C14H20N2O4S. The normalized spacial score (nSPS) is 19.2. The monoisotopic (exact) mass is 312 g/mol. The number of para-hydroxylation sites is 1. The van der Waals surface area contributed by atoms with Crippen LogP contribution in [0.1, 0.15) is 25.8 Å². The highest BCUT2D eigenvalue weighted by atomic mass is 32.2. The van der Waals surface area contributed by atoms with E-state index in [0.717, 1.165) is 9.87 Å². The second kappa shape index (κ2) is 5.65. The van der Waals surface area contributed by atoms with Crippen LogP contribution in [0.5, 0.6) is 5.75 Å². The molecule has 1 aromatic rings. The first-order valence-electron chi connectivity index (χ1n) is 6.80. The first kappa shape index (κ1) is 15.8. The van der Waals surface area contributed by atoms with Crippen molar-refractivity contribution in [2.24, 2.45) is 5.73 Å². The highest BCUT2D eigenvalue weighted by molar-refractivity contribution is 7.94. The maximum absolute atomic E-state index is 11.9. The second-order valence-electron chi connectivity index (χ2n) is 5.41. The molecule has 1 fully saturated rings. The van der Waals surface area contributed by atoms with Crippen molar-refractivity contribution in [1.29, 1.82) is 0 Å². The summed E-state index contributed by atoms with van der Waals surface area (Å²) < 4.78 is 29.0. The van der Waals surface area contributed by atoms with Crippen molar-refractivity contribution in [3.8, 4) is 5.75 Å². The fourth-order valence-corrected chi connectivity index (χ4v) is 3.75. The number of rotatable bonds is 6. The van der Waals surface area contributed by atoms with Gasteiger partial charge in [-0.25, -0.2) is 12.7 Å². The third-order valence-electron chi connectivity index (χ3n) is 3.63. The van der Waals surface area contributed by atoms with E-state index in [0.29, 0.717) is 25.3 Å². The van der Waals surface area contributed by atoms with Gasteiger partial charge < -0.3 is 10.5 Å². The van der Waals surface area contributed by atoms with Crippen LogP contribution >= 0.6 is 0 Å². The van der Waals surface area contributed by atoms with Crippen molar-refractivity contribution in [3.63, 3.8) is 0 Å². The summed E-state index contributed by atoms with van der Waals surface area (Å²) in [5.74, 6) is 0.336. The molecule has 1 aliphatic heterocycles. The number of amides is 1. The predicted octanol–water partition coefficient (Wildman–Crippen LogP) is 0.865. The Bertz CT molecular complexity index is 640. The minimum atomic E-state index is -3.50. The van der Waals surface area contributed by atoms with Crippen molar-refractivity contribution in [2.45, 2.75) is 31.6 Å². The average Bonchev–Trinajstić information content (AvgIpc) is 2.46. The molecule has 0 aliphatic carbocycles. The molecule has 1 heterocycles. The van der Waals surface area contributed by atoms with E-state index in [1.807, 2.05) is 24.3 Å². The summed E-state index contributed by atoms with van der Waals surface area (Å²) in [4.78, 5) is 11.8. The number of nitrogens with zero attached hydrogens (tertiary/aromatic N) is 1. The van der Waals surface area contributed by atoms with Crippen molar-refractivity contribution in [1.82, 2.24) is 4.31 Å². The van der Waals surface area contributed by atoms with Gasteiger partial charge in [0, 0.05) is 25.1 Å². The molecule has 6 nitrogen and oxygen atoms in total. The van der Waals surface area contributed by atoms with Gasteiger partial charge in [-0.2, -0.15) is 0 Å². The van der Waals surface area contributed by atoms with Gasteiger partial charge in [0.25, 0.3) is 15.9 Å². The number of nitrogens with two attached hydrogens (primary N) is 1. The largest absolute Gasteiger partial charge is 0.493 e. The van der Waals surface area contributed by atoms with Gasteiger partial charge in [0.1, 0.15) is 5.75 Å². The highest BCUT2D eigenvalue weighted by Crippen LogP contribution is 2.34. The van der Waals surface area contributed by atoms with Crippen LogP contribution in [0.2, 0.25) is 0 Å². The molecular weight excluding hydrogens is 292 g/mol. The quantitative estimate of drug-likeness (QED) is 0.787. The maximum Gasteiger partial charge on any atom is 0.258 e. The summed E-state index contributed by atoms with van der Waals surface area (Å²) in [6, 6.07) is 7.42. The molecule has 0 unspecified atom stereocenters. The molecule has 21 heavy (non-hydrogen) atoms. The molecule has 7 heteroatoms. The van der Waals surface area contributed by atoms with E-state index in [-0.39, 0.29) is 12.5 Å². The summed E-state index contributed by atoms with van der Waals surface area (Å²) in [6.07, 6.45) is 0.444. The van der Waals surface area contributed by atoms with Crippen molar-refractivity contribution < 1.29 is 17.9 Å². The van der Waals surface area contributed by atoms with Gasteiger partial charge in [0.05, 0.1) is 6.61 Å². The Balaban J connectivity index is 1.85. The van der Waals surface area contributed by atoms with Crippen LogP contribution in [0.25, 0.3) is 0 Å². The van der Waals surface area contributed by atoms with Crippen molar-refractivity contribution in [3.05, 3.63) is 29.8 Å². The van der Waals surface area contributed by atoms with Gasteiger partial charge >= 0.3 is 0 Å². The Morgan fingerprint density at radius 3 is 2.57 bits per heavy atom. The second-order valence-corrected chi connectivity index (χ2v) is 7.82. The smallest absolute Gasteiger partial charge is 0.258 e. The minimum Gasteiger partial charge on any atom is -0.493 e. The zero-order valence-electron chi connectivity index (χ0n) is 12.2. The number of carbonyl (C=O) groups excluding carboxylic acids is 1. The number of benzene rings is 1. The minimum absolute atomic E-state index is 0.148. The first-order valence-corrected chi connectivity index (χ1v) is 8.24. The number of carbonyl (C=O) groups is 1. The van der Waals surface area contributed by atoms with E-state index in [4.69, 9.17) is 10.5 Å². The summed E-state index contributed by atoms with van der Waals surface area (Å²) in [5.41, 5.74) is 6.50. The maximum atomic E-state index is 11.9. The molecule has 2 N–H and O–H groups in total. The molecule has 0 bridgehead atoms.